The number of hydrogen-bond donors (Lipinski definition) is 1. The van der Waals surface area contributed by atoms with Crippen molar-refractivity contribution in [1.29, 1.82) is 0 Å². The molecule has 53 heavy (non-hydrogen) atoms. The number of sulfonamides is 1. The van der Waals surface area contributed by atoms with Crippen LogP contribution < -0.4 is 0 Å². The zero-order valence-corrected chi connectivity index (χ0v) is 31.5. The SMILES string of the molecule is CC(C)Cc1nc2cc3c(cc2o1)S(=O)(=O)N(C[C@@H](O)[C@@H](CC(=O)O[C@H]1CCO[C@H]2OCC[C@H]21)Cc1cc(F)cc(F)c1)CCCCCCCCOC3. The van der Waals surface area contributed by atoms with Crippen molar-refractivity contribution in [2.75, 3.05) is 32.9 Å². The topological polar surface area (TPSA) is 138 Å². The highest BCUT2D eigenvalue weighted by Gasteiger charge is 2.41. The molecule has 0 spiro atoms. The molecule has 11 nitrogen and oxygen atoms in total. The van der Waals surface area contributed by atoms with Gasteiger partial charge in [-0.15, -0.1) is 0 Å². The van der Waals surface area contributed by atoms with Crippen molar-refractivity contribution in [3.05, 3.63) is 59.0 Å². The zero-order valence-electron chi connectivity index (χ0n) is 30.6. The third kappa shape index (κ3) is 10.4. The lowest BCUT2D eigenvalue weighted by Gasteiger charge is -2.33. The van der Waals surface area contributed by atoms with Crippen LogP contribution in [0.25, 0.3) is 11.1 Å². The number of esters is 1. The average molecular weight is 763 g/mol. The number of hydrogen-bond acceptors (Lipinski definition) is 10. The summed E-state index contributed by atoms with van der Waals surface area (Å²) in [5.74, 6) is -2.45. The molecule has 0 radical (unpaired) electrons. The molecule has 6 rings (SSSR count). The van der Waals surface area contributed by atoms with Crippen LogP contribution in [0.5, 0.6) is 0 Å². The Hall–Kier alpha value is -3.01. The van der Waals surface area contributed by atoms with Crippen LogP contribution in [0.4, 0.5) is 8.78 Å². The van der Waals surface area contributed by atoms with E-state index in [0.717, 1.165) is 50.3 Å². The van der Waals surface area contributed by atoms with Crippen LogP contribution in [0.15, 0.2) is 39.6 Å². The number of ether oxygens (including phenoxy) is 4. The molecule has 14 heteroatoms. The van der Waals surface area contributed by atoms with E-state index in [1.165, 1.54) is 10.4 Å². The number of oxazole rings is 1. The minimum absolute atomic E-state index is 0.00229. The predicted molar refractivity (Wildman–Crippen MR) is 191 cm³/mol. The van der Waals surface area contributed by atoms with Gasteiger partial charge in [0, 0.05) is 62.1 Å². The Morgan fingerprint density at radius 1 is 0.962 bits per heavy atom. The normalized spacial score (nSPS) is 24.3. The van der Waals surface area contributed by atoms with Crippen LogP contribution in [0.2, 0.25) is 0 Å². The van der Waals surface area contributed by atoms with E-state index >= 15 is 0 Å². The highest BCUT2D eigenvalue weighted by molar-refractivity contribution is 7.89. The largest absolute Gasteiger partial charge is 0.462 e. The third-order valence-electron chi connectivity index (χ3n) is 10.3. The quantitative estimate of drug-likeness (QED) is 0.229. The van der Waals surface area contributed by atoms with E-state index in [1.54, 1.807) is 6.07 Å². The summed E-state index contributed by atoms with van der Waals surface area (Å²) in [5, 5.41) is 11.9. The molecule has 0 bridgehead atoms. The fraction of sp³-hybridized carbons (Fsp3) is 0.641. The van der Waals surface area contributed by atoms with Crippen molar-refractivity contribution in [1.82, 2.24) is 9.29 Å². The molecule has 0 aliphatic carbocycles. The molecular formula is C39H52F2N2O9S. The summed E-state index contributed by atoms with van der Waals surface area (Å²) in [6.07, 6.45) is 4.19. The molecule has 3 aliphatic heterocycles. The van der Waals surface area contributed by atoms with Gasteiger partial charge in [0.05, 0.1) is 37.2 Å². The number of carbonyl (C=O) groups excluding carboxylic acids is 1. The van der Waals surface area contributed by atoms with Gasteiger partial charge in [-0.3, -0.25) is 4.79 Å². The second kappa shape index (κ2) is 18.1. The van der Waals surface area contributed by atoms with Gasteiger partial charge in [-0.05, 0) is 55.4 Å². The van der Waals surface area contributed by atoms with Gasteiger partial charge >= 0.3 is 5.97 Å². The van der Waals surface area contributed by atoms with Crippen LogP contribution in [0.3, 0.4) is 0 Å². The molecule has 292 valence electrons. The molecular weight excluding hydrogens is 710 g/mol. The summed E-state index contributed by atoms with van der Waals surface area (Å²) < 4.78 is 88.4. The Bertz CT molecular complexity index is 1780. The number of halogens is 2. The fourth-order valence-electron chi connectivity index (χ4n) is 7.60. The standard InChI is InChI=1S/C39H52F2N2O9S/c1-25(2)15-37-42-32-19-28-24-48-12-8-6-4-3-5-7-11-43(53(46,47)36(28)22-35(32)51-37)23-33(44)27(16-26-17-29(40)21-30(41)18-26)20-38(45)52-34-10-14-50-39-31(34)9-13-49-39/h17-19,21-22,25,27,31,33-34,39,44H,3-16,20,23-24H2,1-2H3/t27-,31+,33-,34+,39-/m1/s1. The Kier molecular flexibility index (Phi) is 13.5. The van der Waals surface area contributed by atoms with Gasteiger partial charge in [0.1, 0.15) is 23.3 Å². The smallest absolute Gasteiger partial charge is 0.306 e. The van der Waals surface area contributed by atoms with Crippen molar-refractivity contribution in [2.45, 2.75) is 114 Å². The summed E-state index contributed by atoms with van der Waals surface area (Å²) in [5.41, 5.74) is 1.53. The molecule has 1 N–H and O–H groups in total. The molecule has 2 saturated heterocycles. The van der Waals surface area contributed by atoms with Gasteiger partial charge in [-0.25, -0.2) is 22.2 Å². The number of aliphatic hydroxyl groups is 1. The van der Waals surface area contributed by atoms with Crippen LogP contribution >= 0.6 is 0 Å². The predicted octanol–water partition coefficient (Wildman–Crippen LogP) is 6.47. The maximum Gasteiger partial charge on any atom is 0.306 e. The fourth-order valence-corrected chi connectivity index (χ4v) is 9.31. The van der Waals surface area contributed by atoms with Gasteiger partial charge in [0.15, 0.2) is 17.8 Å². The molecule has 0 unspecified atom stereocenters. The van der Waals surface area contributed by atoms with Crippen molar-refractivity contribution < 1.29 is 50.5 Å². The van der Waals surface area contributed by atoms with E-state index in [1.807, 2.05) is 13.8 Å². The number of β-amino-alcohol motifs (C(OH)–C–C–N with tert-alkyl or cyclic N) is 1. The monoisotopic (exact) mass is 762 g/mol. The Balaban J connectivity index is 1.29. The summed E-state index contributed by atoms with van der Waals surface area (Å²) in [4.78, 5) is 18.1. The van der Waals surface area contributed by atoms with Gasteiger partial charge in [0.25, 0.3) is 0 Å². The molecule has 2 aromatic carbocycles. The summed E-state index contributed by atoms with van der Waals surface area (Å²) >= 11 is 0. The van der Waals surface area contributed by atoms with Crippen molar-refractivity contribution >= 4 is 27.1 Å². The van der Waals surface area contributed by atoms with Gasteiger partial charge < -0.3 is 28.5 Å². The minimum atomic E-state index is -4.27. The van der Waals surface area contributed by atoms with Crippen molar-refractivity contribution in [3.63, 3.8) is 0 Å². The molecule has 1 aromatic heterocycles. The van der Waals surface area contributed by atoms with E-state index in [-0.39, 0.29) is 54.8 Å². The first kappa shape index (κ1) is 39.7. The van der Waals surface area contributed by atoms with Crippen LogP contribution in [-0.4, -0.2) is 80.2 Å². The highest BCUT2D eigenvalue weighted by Crippen LogP contribution is 2.34. The van der Waals surface area contributed by atoms with Gasteiger partial charge in [-0.2, -0.15) is 4.31 Å². The second-order valence-corrected chi connectivity index (χ2v) is 17.0. The lowest BCUT2D eigenvalue weighted by Crippen LogP contribution is -2.43. The molecule has 5 atom stereocenters. The highest BCUT2D eigenvalue weighted by atomic mass is 32.2. The zero-order chi connectivity index (χ0) is 37.5. The molecule has 0 amide bonds. The van der Waals surface area contributed by atoms with Crippen molar-refractivity contribution in [2.24, 2.45) is 17.8 Å². The van der Waals surface area contributed by atoms with Gasteiger partial charge in [0.2, 0.25) is 10.0 Å². The number of aliphatic hydroxyl groups excluding tert-OH is 1. The van der Waals surface area contributed by atoms with E-state index in [9.17, 15) is 27.1 Å². The maximum absolute atomic E-state index is 14.7. The number of aromatic nitrogens is 1. The van der Waals surface area contributed by atoms with E-state index in [0.29, 0.717) is 68.1 Å². The van der Waals surface area contributed by atoms with Crippen molar-refractivity contribution in [3.8, 4) is 0 Å². The number of nitrogens with zero attached hydrogens (tertiary/aromatic N) is 2. The Labute approximate surface area is 310 Å². The molecule has 2 fully saturated rings. The number of carbonyl (C=O) groups is 1. The first-order valence-corrected chi connectivity index (χ1v) is 20.5. The molecule has 3 aromatic rings. The third-order valence-corrected chi connectivity index (χ3v) is 12.3. The number of rotatable bonds is 10. The first-order chi connectivity index (χ1) is 25.5. The second-order valence-electron chi connectivity index (χ2n) is 15.1. The molecule has 0 saturated carbocycles. The van der Waals surface area contributed by atoms with E-state index < -0.39 is 52.0 Å². The lowest BCUT2D eigenvalue weighted by molar-refractivity contribution is -0.195. The summed E-state index contributed by atoms with van der Waals surface area (Å²) in [6.45, 7) is 5.24. The van der Waals surface area contributed by atoms with Gasteiger partial charge in [-0.1, -0.05) is 39.5 Å². The average Bonchev–Trinajstić information content (AvgIpc) is 3.73. The first-order valence-electron chi connectivity index (χ1n) is 19.0. The summed E-state index contributed by atoms with van der Waals surface area (Å²) in [6, 6.07) is 6.24. The molecule has 4 heterocycles. The summed E-state index contributed by atoms with van der Waals surface area (Å²) in [7, 11) is -4.27. The molecule has 3 aliphatic rings. The lowest BCUT2D eigenvalue weighted by atomic mass is 9.90. The van der Waals surface area contributed by atoms with Crippen LogP contribution in [0, 0.1) is 29.4 Å². The van der Waals surface area contributed by atoms with E-state index in [2.05, 4.69) is 4.98 Å². The number of benzene rings is 2. The maximum atomic E-state index is 14.7. The van der Waals surface area contributed by atoms with Crippen LogP contribution in [-0.2, 0) is 53.2 Å². The Morgan fingerprint density at radius 2 is 1.68 bits per heavy atom. The minimum Gasteiger partial charge on any atom is -0.462 e. The van der Waals surface area contributed by atoms with Crippen LogP contribution in [0.1, 0.15) is 88.7 Å². The van der Waals surface area contributed by atoms with E-state index in [4.69, 9.17) is 23.4 Å². The Morgan fingerprint density at radius 3 is 2.43 bits per heavy atom. The number of fused-ring (bicyclic) bond motifs is 3.